The van der Waals surface area contributed by atoms with Gasteiger partial charge in [-0.05, 0) is 11.3 Å². The van der Waals surface area contributed by atoms with Crippen LogP contribution in [0.1, 0.15) is 33.6 Å². The summed E-state index contributed by atoms with van der Waals surface area (Å²) in [4.78, 5) is 21.0. The first kappa shape index (κ1) is 11.9. The van der Waals surface area contributed by atoms with E-state index in [2.05, 4.69) is 0 Å². The molecule has 0 heterocycles. The van der Waals surface area contributed by atoms with E-state index in [0.29, 0.717) is 0 Å². The van der Waals surface area contributed by atoms with Crippen LogP contribution in [0.2, 0.25) is 0 Å². The zero-order valence-electron chi connectivity index (χ0n) is 8.20. The maximum absolute atomic E-state index is 10.5. The van der Waals surface area contributed by atoms with Gasteiger partial charge in [-0.3, -0.25) is 9.59 Å². The van der Waals surface area contributed by atoms with E-state index in [1.165, 1.54) is 0 Å². The van der Waals surface area contributed by atoms with Crippen molar-refractivity contribution in [3.05, 3.63) is 0 Å². The first-order valence-corrected chi connectivity index (χ1v) is 4.21. The third kappa shape index (κ3) is 3.92. The number of rotatable bonds is 5. The van der Waals surface area contributed by atoms with Gasteiger partial charge in [0.25, 0.3) is 0 Å². The van der Waals surface area contributed by atoms with Gasteiger partial charge in [-0.25, -0.2) is 0 Å². The molecular formula is C9H16O4. The fraction of sp³-hybridized carbons (Fsp3) is 0.778. The predicted molar refractivity (Wildman–Crippen MR) is 47.5 cm³/mol. The number of aliphatic carboxylic acids is 2. The Labute approximate surface area is 77.6 Å². The molecule has 13 heavy (non-hydrogen) atoms. The molecule has 0 rings (SSSR count). The fourth-order valence-corrected chi connectivity index (χ4v) is 1.16. The number of carboxylic acid groups (broad SMARTS) is 2. The molecule has 0 aromatic carbocycles. The second kappa shape index (κ2) is 4.25. The van der Waals surface area contributed by atoms with Crippen molar-refractivity contribution in [2.24, 2.45) is 11.3 Å². The molecule has 0 aliphatic rings. The van der Waals surface area contributed by atoms with Crippen LogP contribution in [-0.2, 0) is 9.59 Å². The first-order chi connectivity index (χ1) is 5.78. The highest BCUT2D eigenvalue weighted by molar-refractivity contribution is 5.71. The van der Waals surface area contributed by atoms with E-state index >= 15 is 0 Å². The summed E-state index contributed by atoms with van der Waals surface area (Å²) in [5.41, 5.74) is -0.655. The third-order valence-electron chi connectivity index (χ3n) is 2.50. The lowest BCUT2D eigenvalue weighted by atomic mass is 9.74. The molecule has 0 unspecified atom stereocenters. The van der Waals surface area contributed by atoms with Crippen LogP contribution in [-0.4, -0.2) is 22.2 Å². The Morgan fingerprint density at radius 3 is 1.62 bits per heavy atom. The molecule has 76 valence electrons. The van der Waals surface area contributed by atoms with Gasteiger partial charge < -0.3 is 10.2 Å². The minimum Gasteiger partial charge on any atom is -0.481 e. The first-order valence-electron chi connectivity index (χ1n) is 4.21. The monoisotopic (exact) mass is 188 g/mol. The van der Waals surface area contributed by atoms with Crippen LogP contribution in [0.4, 0.5) is 0 Å². The van der Waals surface area contributed by atoms with Gasteiger partial charge in [-0.2, -0.15) is 0 Å². The van der Waals surface area contributed by atoms with Gasteiger partial charge in [0.05, 0.1) is 12.8 Å². The van der Waals surface area contributed by atoms with Crippen molar-refractivity contribution >= 4 is 11.9 Å². The summed E-state index contributed by atoms with van der Waals surface area (Å²) in [6, 6.07) is 0. The molecule has 0 fully saturated rings. The molecule has 0 aromatic rings. The minimum absolute atomic E-state index is 0.0414. The molecule has 0 saturated carbocycles. The Morgan fingerprint density at radius 2 is 1.46 bits per heavy atom. The Morgan fingerprint density at radius 1 is 1.15 bits per heavy atom. The zero-order chi connectivity index (χ0) is 10.6. The van der Waals surface area contributed by atoms with Crippen LogP contribution < -0.4 is 0 Å². The van der Waals surface area contributed by atoms with E-state index in [9.17, 15) is 9.59 Å². The highest BCUT2D eigenvalue weighted by atomic mass is 16.4. The predicted octanol–water partition coefficient (Wildman–Crippen LogP) is 1.60. The van der Waals surface area contributed by atoms with E-state index < -0.39 is 17.4 Å². The lowest BCUT2D eigenvalue weighted by molar-refractivity contribution is -0.144. The Balaban J connectivity index is 4.52. The molecule has 0 aliphatic heterocycles. The minimum atomic E-state index is -0.947. The topological polar surface area (TPSA) is 74.6 Å². The molecule has 0 aromatic heterocycles. The van der Waals surface area contributed by atoms with Gasteiger partial charge in [0.2, 0.25) is 0 Å². The SMILES string of the molecule is CC(C)C(C)(CC(=O)O)CC(=O)O. The van der Waals surface area contributed by atoms with Crippen molar-refractivity contribution in [3.63, 3.8) is 0 Å². The highest BCUT2D eigenvalue weighted by Gasteiger charge is 2.33. The molecule has 0 spiro atoms. The standard InChI is InChI=1S/C9H16O4/c1-6(2)9(3,4-7(10)11)5-8(12)13/h6H,4-5H2,1-3H3,(H,10,11)(H,12,13). The van der Waals surface area contributed by atoms with E-state index in [4.69, 9.17) is 10.2 Å². The lowest BCUT2D eigenvalue weighted by Crippen LogP contribution is -2.29. The average Bonchev–Trinajstić information content (AvgIpc) is 1.82. The van der Waals surface area contributed by atoms with Crippen molar-refractivity contribution < 1.29 is 19.8 Å². The lowest BCUT2D eigenvalue weighted by Gasteiger charge is -2.30. The average molecular weight is 188 g/mol. The maximum atomic E-state index is 10.5. The van der Waals surface area contributed by atoms with Gasteiger partial charge in [0.1, 0.15) is 0 Å². The Bertz CT molecular complexity index is 192. The summed E-state index contributed by atoms with van der Waals surface area (Å²) in [5.74, 6) is -1.85. The third-order valence-corrected chi connectivity index (χ3v) is 2.50. The van der Waals surface area contributed by atoms with Crippen molar-refractivity contribution in [1.29, 1.82) is 0 Å². The van der Waals surface area contributed by atoms with Crippen molar-refractivity contribution in [2.45, 2.75) is 33.6 Å². The van der Waals surface area contributed by atoms with Crippen molar-refractivity contribution in [2.75, 3.05) is 0 Å². The molecule has 0 radical (unpaired) electrons. The summed E-state index contributed by atoms with van der Waals surface area (Å²) >= 11 is 0. The van der Waals surface area contributed by atoms with Gasteiger partial charge in [0.15, 0.2) is 0 Å². The smallest absolute Gasteiger partial charge is 0.303 e. The zero-order valence-corrected chi connectivity index (χ0v) is 8.20. The van der Waals surface area contributed by atoms with Gasteiger partial charge in [-0.1, -0.05) is 20.8 Å². The second-order valence-electron chi connectivity index (χ2n) is 3.95. The van der Waals surface area contributed by atoms with Crippen LogP contribution in [0.25, 0.3) is 0 Å². The summed E-state index contributed by atoms with van der Waals surface area (Å²) in [5, 5.41) is 17.2. The Hall–Kier alpha value is -1.06. The quantitative estimate of drug-likeness (QED) is 0.687. The Kier molecular flexibility index (Phi) is 3.91. The van der Waals surface area contributed by atoms with Crippen molar-refractivity contribution in [1.82, 2.24) is 0 Å². The molecule has 4 heteroatoms. The summed E-state index contributed by atoms with van der Waals surface area (Å²) < 4.78 is 0. The fourth-order valence-electron chi connectivity index (χ4n) is 1.16. The van der Waals surface area contributed by atoms with E-state index in [1.807, 2.05) is 13.8 Å². The molecule has 0 saturated heterocycles. The molecular weight excluding hydrogens is 172 g/mol. The normalized spacial score (nSPS) is 11.7. The largest absolute Gasteiger partial charge is 0.481 e. The number of hydrogen-bond acceptors (Lipinski definition) is 2. The number of carbonyl (C=O) groups is 2. The van der Waals surface area contributed by atoms with Crippen LogP contribution in [0, 0.1) is 11.3 Å². The molecule has 2 N–H and O–H groups in total. The van der Waals surface area contributed by atoms with Gasteiger partial charge in [-0.15, -0.1) is 0 Å². The molecule has 4 nitrogen and oxygen atoms in total. The summed E-state index contributed by atoms with van der Waals surface area (Å²) in [6.45, 7) is 5.37. The molecule has 0 amide bonds. The van der Waals surface area contributed by atoms with Gasteiger partial charge in [0, 0.05) is 0 Å². The van der Waals surface area contributed by atoms with E-state index in [1.54, 1.807) is 6.92 Å². The van der Waals surface area contributed by atoms with Crippen molar-refractivity contribution in [3.8, 4) is 0 Å². The number of carboxylic acids is 2. The number of hydrogen-bond donors (Lipinski definition) is 2. The summed E-state index contributed by atoms with van der Waals surface area (Å²) in [6.07, 6.45) is -0.200. The maximum Gasteiger partial charge on any atom is 0.303 e. The second-order valence-corrected chi connectivity index (χ2v) is 3.95. The van der Waals surface area contributed by atoms with Gasteiger partial charge >= 0.3 is 11.9 Å². The van der Waals surface area contributed by atoms with Crippen LogP contribution in [0.15, 0.2) is 0 Å². The van der Waals surface area contributed by atoms with Crippen LogP contribution in [0.5, 0.6) is 0 Å². The van der Waals surface area contributed by atoms with Crippen LogP contribution >= 0.6 is 0 Å². The molecule has 0 aliphatic carbocycles. The van der Waals surface area contributed by atoms with Crippen LogP contribution in [0.3, 0.4) is 0 Å². The highest BCUT2D eigenvalue weighted by Crippen LogP contribution is 2.34. The molecule has 0 bridgehead atoms. The van der Waals surface area contributed by atoms with E-state index in [0.717, 1.165) is 0 Å². The summed E-state index contributed by atoms with van der Waals surface area (Å²) in [7, 11) is 0. The molecule has 0 atom stereocenters. The van der Waals surface area contributed by atoms with E-state index in [-0.39, 0.29) is 18.8 Å².